The lowest BCUT2D eigenvalue weighted by Gasteiger charge is -2.22. The van der Waals surface area contributed by atoms with Crippen LogP contribution in [0.3, 0.4) is 0 Å². The highest BCUT2D eigenvalue weighted by atomic mass is 35.5. The van der Waals surface area contributed by atoms with Crippen LogP contribution in [-0.4, -0.2) is 34.4 Å². The Balaban J connectivity index is 2.16. The minimum absolute atomic E-state index is 0.0857. The fourth-order valence-corrected chi connectivity index (χ4v) is 2.58. The summed E-state index contributed by atoms with van der Waals surface area (Å²) in [6, 6.07) is 8.95. The van der Waals surface area contributed by atoms with Gasteiger partial charge < -0.3 is 10.2 Å². The van der Waals surface area contributed by atoms with E-state index in [0.717, 1.165) is 0 Å². The first-order chi connectivity index (χ1) is 12.6. The zero-order valence-corrected chi connectivity index (χ0v) is 15.5. The van der Waals surface area contributed by atoms with Gasteiger partial charge in [-0.05, 0) is 36.8 Å². The number of anilines is 1. The predicted molar refractivity (Wildman–Crippen MR) is 95.8 cm³/mol. The molecule has 5 nitrogen and oxygen atoms in total. The molecular weight excluding hydrogens is 406 g/mol. The van der Waals surface area contributed by atoms with Crippen LogP contribution in [0, 0.1) is 0 Å². The number of carbonyl (C=O) groups is 2. The summed E-state index contributed by atoms with van der Waals surface area (Å²) in [5.74, 6) is -2.55. The first-order valence-corrected chi connectivity index (χ1v) is 8.46. The Labute approximate surface area is 163 Å². The molecule has 0 aliphatic heterocycles. The molecule has 0 aliphatic carbocycles. The van der Waals surface area contributed by atoms with E-state index >= 15 is 0 Å². The number of aromatic nitrogens is 1. The molecule has 0 spiro atoms. The molecule has 1 N–H and O–H groups in total. The molecule has 27 heavy (non-hydrogen) atoms. The van der Waals surface area contributed by atoms with Gasteiger partial charge in [-0.25, -0.2) is 4.98 Å². The topological polar surface area (TPSA) is 62.3 Å². The average molecular weight is 420 g/mol. The van der Waals surface area contributed by atoms with Crippen molar-refractivity contribution in [3.05, 3.63) is 57.8 Å². The van der Waals surface area contributed by atoms with Crippen molar-refractivity contribution in [2.24, 2.45) is 0 Å². The average Bonchev–Trinajstić information content (AvgIpc) is 2.60. The third kappa shape index (κ3) is 5.58. The number of nitrogens with one attached hydrogen (secondary N) is 1. The minimum atomic E-state index is -4.95. The van der Waals surface area contributed by atoms with Crippen LogP contribution in [0.1, 0.15) is 23.0 Å². The van der Waals surface area contributed by atoms with Crippen LogP contribution in [0.5, 0.6) is 0 Å². The summed E-state index contributed by atoms with van der Waals surface area (Å²) < 4.78 is 37.9. The molecule has 0 radical (unpaired) electrons. The Hall–Kier alpha value is -2.32. The van der Waals surface area contributed by atoms with Gasteiger partial charge in [0.15, 0.2) is 0 Å². The standard InChI is InChI=1S/C17H14Cl2F3N3O2/c1-2-25(16(27)17(20,21)22)9-10-4-3-5-11(8-10)23-15(26)14-12(18)6-7-13(19)24-14/h3-8H,2,9H2,1H3,(H,23,26). The molecule has 10 heteroatoms. The van der Waals surface area contributed by atoms with Crippen LogP contribution in [0.25, 0.3) is 0 Å². The Morgan fingerprint density at radius 2 is 1.89 bits per heavy atom. The molecule has 1 heterocycles. The fourth-order valence-electron chi connectivity index (χ4n) is 2.24. The maximum Gasteiger partial charge on any atom is 0.471 e. The highest BCUT2D eigenvalue weighted by molar-refractivity contribution is 6.35. The van der Waals surface area contributed by atoms with Crippen LogP contribution in [0.15, 0.2) is 36.4 Å². The zero-order chi connectivity index (χ0) is 20.2. The van der Waals surface area contributed by atoms with Crippen molar-refractivity contribution in [3.63, 3.8) is 0 Å². The van der Waals surface area contributed by atoms with Crippen molar-refractivity contribution in [1.29, 1.82) is 0 Å². The molecule has 0 saturated heterocycles. The van der Waals surface area contributed by atoms with Crippen molar-refractivity contribution in [2.45, 2.75) is 19.6 Å². The molecule has 2 aromatic rings. The molecule has 1 aromatic carbocycles. The van der Waals surface area contributed by atoms with E-state index in [0.29, 0.717) is 16.2 Å². The molecule has 0 atom stereocenters. The number of benzene rings is 1. The van der Waals surface area contributed by atoms with E-state index in [2.05, 4.69) is 10.3 Å². The number of amides is 2. The Morgan fingerprint density at radius 1 is 1.19 bits per heavy atom. The van der Waals surface area contributed by atoms with Gasteiger partial charge in [-0.1, -0.05) is 35.3 Å². The first-order valence-electron chi connectivity index (χ1n) is 7.70. The monoisotopic (exact) mass is 419 g/mol. The quantitative estimate of drug-likeness (QED) is 0.722. The summed E-state index contributed by atoms with van der Waals surface area (Å²) in [6.07, 6.45) is -4.95. The lowest BCUT2D eigenvalue weighted by molar-refractivity contribution is -0.185. The molecule has 2 amide bonds. The molecule has 0 unspecified atom stereocenters. The second kappa shape index (κ2) is 8.58. The summed E-state index contributed by atoms with van der Waals surface area (Å²) in [4.78, 5) is 28.2. The van der Waals surface area contributed by atoms with Gasteiger partial charge >= 0.3 is 12.1 Å². The van der Waals surface area contributed by atoms with Gasteiger partial charge in [0.25, 0.3) is 5.91 Å². The number of rotatable bonds is 5. The summed E-state index contributed by atoms with van der Waals surface area (Å²) in [5.41, 5.74) is 0.639. The normalized spacial score (nSPS) is 11.2. The Bertz CT molecular complexity index is 860. The molecule has 0 bridgehead atoms. The van der Waals surface area contributed by atoms with Crippen LogP contribution in [0.2, 0.25) is 10.2 Å². The van der Waals surface area contributed by atoms with Gasteiger partial charge in [0.05, 0.1) is 5.02 Å². The van der Waals surface area contributed by atoms with Gasteiger partial charge in [0.2, 0.25) is 0 Å². The number of halogens is 5. The van der Waals surface area contributed by atoms with E-state index < -0.39 is 18.0 Å². The number of nitrogens with zero attached hydrogens (tertiary/aromatic N) is 2. The lowest BCUT2D eigenvalue weighted by atomic mass is 10.1. The number of hydrogen-bond donors (Lipinski definition) is 1. The Kier molecular flexibility index (Phi) is 6.67. The second-order valence-corrected chi connectivity index (χ2v) is 6.23. The van der Waals surface area contributed by atoms with E-state index in [1.54, 1.807) is 18.2 Å². The van der Waals surface area contributed by atoms with Gasteiger partial charge in [-0.3, -0.25) is 9.59 Å². The Morgan fingerprint density at radius 3 is 2.52 bits per heavy atom. The van der Waals surface area contributed by atoms with E-state index in [-0.39, 0.29) is 29.0 Å². The largest absolute Gasteiger partial charge is 0.471 e. The second-order valence-electron chi connectivity index (χ2n) is 5.44. The molecule has 1 aromatic heterocycles. The summed E-state index contributed by atoms with van der Waals surface area (Å²) >= 11 is 11.7. The van der Waals surface area contributed by atoms with Gasteiger partial charge in [0.1, 0.15) is 10.8 Å². The third-order valence-corrected chi connectivity index (χ3v) is 4.01. The molecule has 0 aliphatic rings. The molecule has 0 saturated carbocycles. The summed E-state index contributed by atoms with van der Waals surface area (Å²) in [5, 5.41) is 2.73. The van der Waals surface area contributed by atoms with E-state index in [1.807, 2.05) is 0 Å². The van der Waals surface area contributed by atoms with Crippen molar-refractivity contribution >= 4 is 40.7 Å². The van der Waals surface area contributed by atoms with Crippen molar-refractivity contribution in [2.75, 3.05) is 11.9 Å². The highest BCUT2D eigenvalue weighted by Gasteiger charge is 2.41. The smallest absolute Gasteiger partial charge is 0.331 e. The van der Waals surface area contributed by atoms with E-state index in [4.69, 9.17) is 23.2 Å². The van der Waals surface area contributed by atoms with Crippen molar-refractivity contribution in [3.8, 4) is 0 Å². The van der Waals surface area contributed by atoms with Gasteiger partial charge in [0, 0.05) is 18.8 Å². The lowest BCUT2D eigenvalue weighted by Crippen LogP contribution is -2.40. The SMILES string of the molecule is CCN(Cc1cccc(NC(=O)c2nc(Cl)ccc2Cl)c1)C(=O)C(F)(F)F. The molecule has 0 fully saturated rings. The van der Waals surface area contributed by atoms with Gasteiger partial charge in [-0.2, -0.15) is 13.2 Å². The van der Waals surface area contributed by atoms with E-state index in [9.17, 15) is 22.8 Å². The van der Waals surface area contributed by atoms with Crippen LogP contribution < -0.4 is 5.32 Å². The maximum atomic E-state index is 12.6. The number of carbonyl (C=O) groups excluding carboxylic acids is 2. The van der Waals surface area contributed by atoms with Crippen LogP contribution >= 0.6 is 23.2 Å². The minimum Gasteiger partial charge on any atom is -0.331 e. The zero-order valence-electron chi connectivity index (χ0n) is 14.0. The number of pyridine rings is 1. The highest BCUT2D eigenvalue weighted by Crippen LogP contribution is 2.22. The summed E-state index contributed by atoms with van der Waals surface area (Å²) in [7, 11) is 0. The molecule has 2 rings (SSSR count). The van der Waals surface area contributed by atoms with Gasteiger partial charge in [-0.15, -0.1) is 0 Å². The number of hydrogen-bond acceptors (Lipinski definition) is 3. The molecular formula is C17H14Cl2F3N3O2. The van der Waals surface area contributed by atoms with E-state index in [1.165, 1.54) is 25.1 Å². The molecule has 144 valence electrons. The van der Waals surface area contributed by atoms with Crippen molar-refractivity contribution in [1.82, 2.24) is 9.88 Å². The number of alkyl halides is 3. The third-order valence-electron chi connectivity index (χ3n) is 3.50. The first kappa shape index (κ1) is 21.0. The fraction of sp³-hybridized carbons (Fsp3) is 0.235. The summed E-state index contributed by atoms with van der Waals surface area (Å²) in [6.45, 7) is 1.08. The van der Waals surface area contributed by atoms with Crippen LogP contribution in [-0.2, 0) is 11.3 Å². The van der Waals surface area contributed by atoms with Crippen molar-refractivity contribution < 1.29 is 22.8 Å². The van der Waals surface area contributed by atoms with Crippen LogP contribution in [0.4, 0.5) is 18.9 Å². The maximum absolute atomic E-state index is 12.6. The predicted octanol–water partition coefficient (Wildman–Crippen LogP) is 4.55.